The first-order valence-electron chi connectivity index (χ1n) is 9.80. The van der Waals surface area contributed by atoms with E-state index in [4.69, 9.17) is 0 Å². The summed E-state index contributed by atoms with van der Waals surface area (Å²) in [6.07, 6.45) is 6.04. The number of benzene rings is 1. The number of hydrogen-bond acceptors (Lipinski definition) is 5. The lowest BCUT2D eigenvalue weighted by atomic mass is 9.96. The van der Waals surface area contributed by atoms with Crippen molar-refractivity contribution in [3.8, 4) is 0 Å². The average Bonchev–Trinajstić information content (AvgIpc) is 3.42. The van der Waals surface area contributed by atoms with Crippen LogP contribution in [0.4, 0.5) is 10.1 Å². The lowest BCUT2D eigenvalue weighted by Crippen LogP contribution is -2.40. The number of carbonyl (C=O) groups excluding carboxylic acids is 2. The number of carbonyl (C=O) groups is 2. The summed E-state index contributed by atoms with van der Waals surface area (Å²) in [6, 6.07) is 6.02. The van der Waals surface area contributed by atoms with Gasteiger partial charge in [0, 0.05) is 24.9 Å². The summed E-state index contributed by atoms with van der Waals surface area (Å²) in [4.78, 5) is 26.9. The van der Waals surface area contributed by atoms with E-state index in [2.05, 4.69) is 15.5 Å². The Labute approximate surface area is 167 Å². The highest BCUT2D eigenvalue weighted by Gasteiger charge is 2.31. The van der Waals surface area contributed by atoms with Crippen molar-refractivity contribution in [3.63, 3.8) is 0 Å². The summed E-state index contributed by atoms with van der Waals surface area (Å²) in [6.45, 7) is 1.46. The van der Waals surface area contributed by atoms with E-state index in [1.807, 2.05) is 4.90 Å². The van der Waals surface area contributed by atoms with Crippen LogP contribution in [-0.4, -0.2) is 40.0 Å². The summed E-state index contributed by atoms with van der Waals surface area (Å²) in [5.74, 6) is -0.215. The molecule has 148 valence electrons. The second kappa shape index (κ2) is 8.34. The molecule has 1 aliphatic heterocycles. The van der Waals surface area contributed by atoms with Crippen molar-refractivity contribution in [1.82, 2.24) is 15.1 Å². The van der Waals surface area contributed by atoms with Gasteiger partial charge in [0.15, 0.2) is 0 Å². The number of nitrogens with one attached hydrogen (secondary N) is 1. The van der Waals surface area contributed by atoms with Crippen LogP contribution in [0, 0.1) is 11.7 Å². The normalized spacial score (nSPS) is 18.4. The standard InChI is InChI=1S/C20H23FN4O2S/c21-15-7-3-4-8-16(15)22-17(26)19-24-23-18(28-19)13-9-11-25(12-10-13)20(27)14-5-1-2-6-14/h3-4,7-8,13-14H,1-2,5-6,9-12H2,(H,22,26). The van der Waals surface area contributed by atoms with E-state index in [-0.39, 0.29) is 22.5 Å². The summed E-state index contributed by atoms with van der Waals surface area (Å²) >= 11 is 1.25. The van der Waals surface area contributed by atoms with Gasteiger partial charge in [-0.3, -0.25) is 9.59 Å². The van der Waals surface area contributed by atoms with Crippen molar-refractivity contribution in [2.24, 2.45) is 5.92 Å². The highest BCUT2D eigenvalue weighted by atomic mass is 32.1. The van der Waals surface area contributed by atoms with Crippen LogP contribution in [0.3, 0.4) is 0 Å². The van der Waals surface area contributed by atoms with Gasteiger partial charge >= 0.3 is 0 Å². The predicted molar refractivity (Wildman–Crippen MR) is 105 cm³/mol. The molecular weight excluding hydrogens is 379 g/mol. The lowest BCUT2D eigenvalue weighted by molar-refractivity contribution is -0.136. The van der Waals surface area contributed by atoms with Gasteiger partial charge in [-0.1, -0.05) is 36.3 Å². The van der Waals surface area contributed by atoms with Crippen molar-refractivity contribution >= 4 is 28.8 Å². The van der Waals surface area contributed by atoms with Gasteiger partial charge < -0.3 is 10.2 Å². The zero-order valence-electron chi connectivity index (χ0n) is 15.6. The molecule has 2 heterocycles. The molecule has 0 radical (unpaired) electrons. The summed E-state index contributed by atoms with van der Waals surface area (Å²) in [5.41, 5.74) is 0.128. The molecule has 1 saturated heterocycles. The van der Waals surface area contributed by atoms with Crippen molar-refractivity contribution in [1.29, 1.82) is 0 Å². The number of hydrogen-bond donors (Lipinski definition) is 1. The van der Waals surface area contributed by atoms with Crippen molar-refractivity contribution in [3.05, 3.63) is 40.1 Å². The maximum Gasteiger partial charge on any atom is 0.286 e. The third kappa shape index (κ3) is 4.06. The topological polar surface area (TPSA) is 75.2 Å². The minimum Gasteiger partial charge on any atom is -0.342 e. The third-order valence-corrected chi connectivity index (χ3v) is 6.70. The molecule has 0 spiro atoms. The molecule has 4 rings (SSSR count). The van der Waals surface area contributed by atoms with E-state index in [0.717, 1.165) is 56.6 Å². The largest absolute Gasteiger partial charge is 0.342 e. The molecule has 0 bridgehead atoms. The number of para-hydroxylation sites is 1. The number of likely N-dealkylation sites (tertiary alicyclic amines) is 1. The summed E-state index contributed by atoms with van der Waals surface area (Å²) in [7, 11) is 0. The van der Waals surface area contributed by atoms with E-state index < -0.39 is 11.7 Å². The van der Waals surface area contributed by atoms with Crippen molar-refractivity contribution < 1.29 is 14.0 Å². The van der Waals surface area contributed by atoms with Crippen LogP contribution in [-0.2, 0) is 4.79 Å². The first kappa shape index (κ1) is 19.0. The van der Waals surface area contributed by atoms with Crippen LogP contribution in [0.15, 0.2) is 24.3 Å². The Morgan fingerprint density at radius 1 is 1.07 bits per heavy atom. The second-order valence-electron chi connectivity index (χ2n) is 7.46. The molecule has 2 amide bonds. The molecule has 1 N–H and O–H groups in total. The maximum absolute atomic E-state index is 13.7. The quantitative estimate of drug-likeness (QED) is 0.843. The first-order valence-corrected chi connectivity index (χ1v) is 10.6. The highest BCUT2D eigenvalue weighted by molar-refractivity contribution is 7.13. The Bertz CT molecular complexity index is 857. The molecule has 0 unspecified atom stereocenters. The average molecular weight is 402 g/mol. The molecule has 1 aliphatic carbocycles. The zero-order valence-corrected chi connectivity index (χ0v) is 16.4. The molecule has 6 nitrogen and oxygen atoms in total. The first-order chi connectivity index (χ1) is 13.6. The minimum absolute atomic E-state index is 0.128. The molecule has 2 fully saturated rings. The van der Waals surface area contributed by atoms with Gasteiger partial charge in [0.1, 0.15) is 10.8 Å². The molecule has 8 heteroatoms. The second-order valence-corrected chi connectivity index (χ2v) is 8.47. The van der Waals surface area contributed by atoms with Gasteiger partial charge in [0.2, 0.25) is 10.9 Å². The van der Waals surface area contributed by atoms with E-state index in [1.54, 1.807) is 12.1 Å². The number of rotatable bonds is 4. The van der Waals surface area contributed by atoms with Crippen LogP contribution >= 0.6 is 11.3 Å². The van der Waals surface area contributed by atoms with Crippen LogP contribution in [0.5, 0.6) is 0 Å². The Balaban J connectivity index is 1.34. The smallest absolute Gasteiger partial charge is 0.286 e. The van der Waals surface area contributed by atoms with E-state index in [9.17, 15) is 14.0 Å². The fourth-order valence-electron chi connectivity index (χ4n) is 4.01. The van der Waals surface area contributed by atoms with E-state index in [1.165, 1.54) is 23.5 Å². The van der Waals surface area contributed by atoms with Crippen LogP contribution < -0.4 is 5.32 Å². The van der Waals surface area contributed by atoms with Crippen LogP contribution in [0.1, 0.15) is 59.3 Å². The fraction of sp³-hybridized carbons (Fsp3) is 0.500. The van der Waals surface area contributed by atoms with Gasteiger partial charge in [0.25, 0.3) is 5.91 Å². The lowest BCUT2D eigenvalue weighted by Gasteiger charge is -2.32. The predicted octanol–water partition coefficient (Wildman–Crippen LogP) is 3.83. The number of anilines is 1. The monoisotopic (exact) mass is 402 g/mol. The maximum atomic E-state index is 13.7. The van der Waals surface area contributed by atoms with E-state index >= 15 is 0 Å². The highest BCUT2D eigenvalue weighted by Crippen LogP contribution is 2.33. The van der Waals surface area contributed by atoms with Gasteiger partial charge in [-0.2, -0.15) is 0 Å². The van der Waals surface area contributed by atoms with Gasteiger partial charge in [-0.25, -0.2) is 4.39 Å². The molecule has 2 aromatic rings. The summed E-state index contributed by atoms with van der Waals surface area (Å²) in [5, 5.41) is 11.7. The fourth-order valence-corrected chi connectivity index (χ4v) is 4.91. The van der Waals surface area contributed by atoms with E-state index in [0.29, 0.717) is 5.91 Å². The Morgan fingerprint density at radius 2 is 1.79 bits per heavy atom. The van der Waals surface area contributed by atoms with Crippen LogP contribution in [0.25, 0.3) is 0 Å². The zero-order chi connectivity index (χ0) is 19.5. The molecule has 1 saturated carbocycles. The molecule has 1 aromatic carbocycles. The minimum atomic E-state index is -0.486. The Hall–Kier alpha value is -2.35. The summed E-state index contributed by atoms with van der Waals surface area (Å²) < 4.78 is 13.7. The molecule has 0 atom stereocenters. The SMILES string of the molecule is O=C(Nc1ccccc1F)c1nnc(C2CCN(C(=O)C3CCCC3)CC2)s1. The number of nitrogens with zero attached hydrogens (tertiary/aromatic N) is 3. The number of halogens is 1. The van der Waals surface area contributed by atoms with Gasteiger partial charge in [0.05, 0.1) is 5.69 Å². The number of piperidine rings is 1. The Kier molecular flexibility index (Phi) is 5.66. The molecule has 1 aromatic heterocycles. The molecule has 28 heavy (non-hydrogen) atoms. The molecule has 2 aliphatic rings. The van der Waals surface area contributed by atoms with Gasteiger partial charge in [-0.15, -0.1) is 10.2 Å². The Morgan fingerprint density at radius 3 is 2.50 bits per heavy atom. The molecular formula is C20H23FN4O2S. The van der Waals surface area contributed by atoms with Gasteiger partial charge in [-0.05, 0) is 37.8 Å². The number of amides is 2. The number of aromatic nitrogens is 2. The third-order valence-electron chi connectivity index (χ3n) is 5.62. The van der Waals surface area contributed by atoms with Crippen molar-refractivity contribution in [2.45, 2.75) is 44.4 Å². The van der Waals surface area contributed by atoms with Crippen molar-refractivity contribution in [2.75, 3.05) is 18.4 Å². The van der Waals surface area contributed by atoms with Crippen LogP contribution in [0.2, 0.25) is 0 Å².